The number of aromatic hydroxyl groups is 1. The smallest absolute Gasteiger partial charge is 0.259 e. The Morgan fingerprint density at radius 2 is 2.05 bits per heavy atom. The second-order valence-electron chi connectivity index (χ2n) is 4.20. The van der Waals surface area contributed by atoms with E-state index in [0.29, 0.717) is 17.0 Å². The monoisotopic (exact) mass is 273 g/mol. The molecule has 104 valence electrons. The molecule has 0 spiro atoms. The number of methoxy groups -OCH3 is 1. The molecule has 0 saturated heterocycles. The van der Waals surface area contributed by atoms with E-state index >= 15 is 0 Å². The summed E-state index contributed by atoms with van der Waals surface area (Å²) in [7, 11) is 1.48. The van der Waals surface area contributed by atoms with Gasteiger partial charge in [0, 0.05) is 11.8 Å². The highest BCUT2D eigenvalue weighted by Gasteiger charge is 2.12. The summed E-state index contributed by atoms with van der Waals surface area (Å²) in [4.78, 5) is 12.1. The van der Waals surface area contributed by atoms with Crippen LogP contribution in [0.25, 0.3) is 0 Å². The van der Waals surface area contributed by atoms with Crippen LogP contribution in [-0.2, 0) is 6.61 Å². The number of phenols is 1. The van der Waals surface area contributed by atoms with E-state index in [1.165, 1.54) is 19.2 Å². The number of phenolic OH excluding ortho intramolecular Hbond substituents is 1. The SMILES string of the molecule is COc1ccc(C(=O)Nc2cccc(CO)c2)c(O)c1. The maximum absolute atomic E-state index is 12.1. The third-order valence-electron chi connectivity index (χ3n) is 2.82. The third-order valence-corrected chi connectivity index (χ3v) is 2.82. The van der Waals surface area contributed by atoms with Gasteiger partial charge in [-0.3, -0.25) is 4.79 Å². The zero-order valence-electron chi connectivity index (χ0n) is 11.0. The Labute approximate surface area is 116 Å². The molecule has 0 atom stereocenters. The molecule has 3 N–H and O–H groups in total. The van der Waals surface area contributed by atoms with Crippen molar-refractivity contribution < 1.29 is 19.7 Å². The van der Waals surface area contributed by atoms with E-state index in [9.17, 15) is 9.90 Å². The largest absolute Gasteiger partial charge is 0.507 e. The van der Waals surface area contributed by atoms with Crippen LogP contribution in [0.2, 0.25) is 0 Å². The van der Waals surface area contributed by atoms with Gasteiger partial charge in [-0.15, -0.1) is 0 Å². The maximum atomic E-state index is 12.1. The summed E-state index contributed by atoms with van der Waals surface area (Å²) >= 11 is 0. The van der Waals surface area contributed by atoms with Crippen LogP contribution >= 0.6 is 0 Å². The summed E-state index contributed by atoms with van der Waals surface area (Å²) in [5, 5.41) is 21.5. The highest BCUT2D eigenvalue weighted by atomic mass is 16.5. The van der Waals surface area contributed by atoms with Gasteiger partial charge in [0.2, 0.25) is 0 Å². The predicted octanol–water partition coefficient (Wildman–Crippen LogP) is 2.15. The molecule has 0 fully saturated rings. The molecule has 0 radical (unpaired) electrons. The van der Waals surface area contributed by atoms with E-state index in [1.807, 2.05) is 0 Å². The number of amides is 1. The van der Waals surface area contributed by atoms with E-state index < -0.39 is 5.91 Å². The van der Waals surface area contributed by atoms with E-state index in [0.717, 1.165) is 0 Å². The van der Waals surface area contributed by atoms with Crippen molar-refractivity contribution in [2.45, 2.75) is 6.61 Å². The van der Waals surface area contributed by atoms with Gasteiger partial charge in [0.05, 0.1) is 19.3 Å². The predicted molar refractivity (Wildman–Crippen MR) is 75.0 cm³/mol. The summed E-state index contributed by atoms with van der Waals surface area (Å²) in [5.74, 6) is -0.110. The number of hydrogen-bond donors (Lipinski definition) is 3. The number of nitrogens with one attached hydrogen (secondary N) is 1. The molecular weight excluding hydrogens is 258 g/mol. The number of anilines is 1. The number of aliphatic hydroxyl groups excluding tert-OH is 1. The van der Waals surface area contributed by atoms with Gasteiger partial charge in [0.15, 0.2) is 0 Å². The van der Waals surface area contributed by atoms with Crippen molar-refractivity contribution in [2.75, 3.05) is 12.4 Å². The highest BCUT2D eigenvalue weighted by Crippen LogP contribution is 2.24. The minimum Gasteiger partial charge on any atom is -0.507 e. The first kappa shape index (κ1) is 13.9. The standard InChI is InChI=1S/C15H15NO4/c1-20-12-5-6-13(14(18)8-12)15(19)16-11-4-2-3-10(7-11)9-17/h2-8,17-18H,9H2,1H3,(H,16,19). The van der Waals surface area contributed by atoms with Crippen molar-refractivity contribution in [2.24, 2.45) is 0 Å². The Balaban J connectivity index is 2.19. The molecule has 2 rings (SSSR count). The molecular formula is C15H15NO4. The van der Waals surface area contributed by atoms with Gasteiger partial charge < -0.3 is 20.3 Å². The fraction of sp³-hybridized carbons (Fsp3) is 0.133. The molecule has 0 aliphatic rings. The molecule has 20 heavy (non-hydrogen) atoms. The topological polar surface area (TPSA) is 78.8 Å². The summed E-state index contributed by atoms with van der Waals surface area (Å²) in [6, 6.07) is 11.3. The van der Waals surface area contributed by atoms with E-state index in [2.05, 4.69) is 5.32 Å². The lowest BCUT2D eigenvalue weighted by Crippen LogP contribution is -2.12. The zero-order valence-corrected chi connectivity index (χ0v) is 11.0. The fourth-order valence-corrected chi connectivity index (χ4v) is 1.78. The molecule has 2 aromatic rings. The Bertz CT molecular complexity index is 625. The summed E-state index contributed by atoms with van der Waals surface area (Å²) in [6.45, 7) is -0.0997. The molecule has 0 aliphatic carbocycles. The number of rotatable bonds is 4. The van der Waals surface area contributed by atoms with E-state index in [4.69, 9.17) is 9.84 Å². The number of hydrogen-bond acceptors (Lipinski definition) is 4. The van der Waals surface area contributed by atoms with Crippen LogP contribution in [-0.4, -0.2) is 23.2 Å². The van der Waals surface area contributed by atoms with Crippen LogP contribution in [0.15, 0.2) is 42.5 Å². The Kier molecular flexibility index (Phi) is 4.22. The summed E-state index contributed by atoms with van der Waals surface area (Å²) < 4.78 is 4.96. The van der Waals surface area contributed by atoms with Crippen molar-refractivity contribution in [3.8, 4) is 11.5 Å². The molecule has 5 nitrogen and oxygen atoms in total. The molecule has 0 aliphatic heterocycles. The lowest BCUT2D eigenvalue weighted by molar-refractivity contribution is 0.102. The lowest BCUT2D eigenvalue weighted by atomic mass is 10.1. The number of carbonyl (C=O) groups excluding carboxylic acids is 1. The number of aliphatic hydroxyl groups is 1. The van der Waals surface area contributed by atoms with Crippen LogP contribution in [0.5, 0.6) is 11.5 Å². The molecule has 0 unspecified atom stereocenters. The van der Waals surface area contributed by atoms with Gasteiger partial charge in [-0.25, -0.2) is 0 Å². The Morgan fingerprint density at radius 1 is 1.25 bits per heavy atom. The second-order valence-corrected chi connectivity index (χ2v) is 4.20. The van der Waals surface area contributed by atoms with Crippen LogP contribution in [0, 0.1) is 0 Å². The highest BCUT2D eigenvalue weighted by molar-refractivity contribution is 6.06. The Hall–Kier alpha value is -2.53. The lowest BCUT2D eigenvalue weighted by Gasteiger charge is -2.09. The van der Waals surface area contributed by atoms with Crippen molar-refractivity contribution in [1.82, 2.24) is 0 Å². The average Bonchev–Trinajstić information content (AvgIpc) is 2.47. The van der Waals surface area contributed by atoms with Crippen molar-refractivity contribution in [1.29, 1.82) is 0 Å². The summed E-state index contributed by atoms with van der Waals surface area (Å²) in [5.41, 5.74) is 1.40. The minimum absolute atomic E-state index is 0.0997. The third kappa shape index (κ3) is 3.07. The van der Waals surface area contributed by atoms with Crippen molar-refractivity contribution >= 4 is 11.6 Å². The van der Waals surface area contributed by atoms with Gasteiger partial charge in [-0.05, 0) is 29.8 Å². The molecule has 2 aromatic carbocycles. The fourth-order valence-electron chi connectivity index (χ4n) is 1.78. The van der Waals surface area contributed by atoms with Gasteiger partial charge in [0.1, 0.15) is 11.5 Å². The van der Waals surface area contributed by atoms with Gasteiger partial charge in [-0.1, -0.05) is 12.1 Å². The number of carbonyl (C=O) groups is 1. The number of ether oxygens (including phenoxy) is 1. The van der Waals surface area contributed by atoms with Gasteiger partial charge in [0.25, 0.3) is 5.91 Å². The first-order valence-corrected chi connectivity index (χ1v) is 6.02. The van der Waals surface area contributed by atoms with E-state index in [1.54, 1.807) is 30.3 Å². The molecule has 5 heteroatoms. The first-order valence-electron chi connectivity index (χ1n) is 6.02. The van der Waals surface area contributed by atoms with Gasteiger partial charge >= 0.3 is 0 Å². The van der Waals surface area contributed by atoms with Crippen molar-refractivity contribution in [3.05, 3.63) is 53.6 Å². The minimum atomic E-state index is -0.430. The Morgan fingerprint density at radius 3 is 2.70 bits per heavy atom. The van der Waals surface area contributed by atoms with Gasteiger partial charge in [-0.2, -0.15) is 0 Å². The normalized spacial score (nSPS) is 10.1. The quantitative estimate of drug-likeness (QED) is 0.797. The molecule has 0 aromatic heterocycles. The second kappa shape index (κ2) is 6.08. The zero-order chi connectivity index (χ0) is 14.5. The van der Waals surface area contributed by atoms with Crippen LogP contribution in [0.4, 0.5) is 5.69 Å². The van der Waals surface area contributed by atoms with Crippen LogP contribution in [0.1, 0.15) is 15.9 Å². The van der Waals surface area contributed by atoms with Crippen molar-refractivity contribution in [3.63, 3.8) is 0 Å². The molecule has 0 heterocycles. The first-order chi connectivity index (χ1) is 9.63. The molecule has 0 saturated carbocycles. The van der Waals surface area contributed by atoms with E-state index in [-0.39, 0.29) is 17.9 Å². The van der Waals surface area contributed by atoms with Crippen LogP contribution < -0.4 is 10.1 Å². The van der Waals surface area contributed by atoms with Crippen LogP contribution in [0.3, 0.4) is 0 Å². The average molecular weight is 273 g/mol. The summed E-state index contributed by atoms with van der Waals surface area (Å²) in [6.07, 6.45) is 0. The molecule has 0 bridgehead atoms. The molecule has 1 amide bonds. The number of benzene rings is 2. The maximum Gasteiger partial charge on any atom is 0.259 e.